The van der Waals surface area contributed by atoms with Gasteiger partial charge in [0.05, 0.1) is 7.11 Å². The van der Waals surface area contributed by atoms with Gasteiger partial charge in [-0.25, -0.2) is 13.2 Å². The predicted molar refractivity (Wildman–Crippen MR) is 115 cm³/mol. The maximum atomic E-state index is 14.4. The van der Waals surface area contributed by atoms with Crippen molar-refractivity contribution in [3.05, 3.63) is 88.7 Å². The average Bonchev–Trinajstić information content (AvgIpc) is 2.76. The second kappa shape index (κ2) is 10.3. The number of rotatable bonds is 9. The lowest BCUT2D eigenvalue weighted by Crippen LogP contribution is -2.02. The molecule has 3 rings (SSSR count). The number of unbranched alkanes of at least 4 members (excludes halogenated alkanes) is 2. The molecular formula is C26H27F3O. The van der Waals surface area contributed by atoms with Gasteiger partial charge in [0.2, 0.25) is 0 Å². The van der Waals surface area contributed by atoms with Gasteiger partial charge >= 0.3 is 0 Å². The third kappa shape index (κ3) is 5.24. The van der Waals surface area contributed by atoms with Crippen molar-refractivity contribution in [2.75, 3.05) is 7.11 Å². The van der Waals surface area contributed by atoms with Gasteiger partial charge in [-0.15, -0.1) is 0 Å². The summed E-state index contributed by atoms with van der Waals surface area (Å²) < 4.78 is 48.0. The summed E-state index contributed by atoms with van der Waals surface area (Å²) >= 11 is 0. The minimum Gasteiger partial charge on any atom is -0.497 e. The quantitative estimate of drug-likeness (QED) is 0.335. The molecule has 4 heteroatoms. The van der Waals surface area contributed by atoms with E-state index in [0.29, 0.717) is 41.7 Å². The molecule has 0 saturated heterocycles. The second-order valence-corrected chi connectivity index (χ2v) is 7.51. The highest BCUT2D eigenvalue weighted by atomic mass is 19.2. The number of hydrogen-bond donors (Lipinski definition) is 0. The van der Waals surface area contributed by atoms with Gasteiger partial charge in [-0.3, -0.25) is 0 Å². The average molecular weight is 412 g/mol. The highest BCUT2D eigenvalue weighted by molar-refractivity contribution is 5.65. The standard InChI is InChI=1S/C26H27F3O/c1-3-4-5-6-20-13-14-21(26(29)25(20)28)12-9-18-7-10-19(11-8-18)23-16-15-22(30-2)17-24(23)27/h7-8,10-11,13-17H,3-6,9,12H2,1-2H3. The van der Waals surface area contributed by atoms with Gasteiger partial charge < -0.3 is 4.74 Å². The molecule has 30 heavy (non-hydrogen) atoms. The van der Waals surface area contributed by atoms with Gasteiger partial charge in [0.25, 0.3) is 0 Å². The highest BCUT2D eigenvalue weighted by Gasteiger charge is 2.13. The van der Waals surface area contributed by atoms with Gasteiger partial charge in [-0.2, -0.15) is 0 Å². The number of halogens is 3. The van der Waals surface area contributed by atoms with Crippen molar-refractivity contribution >= 4 is 0 Å². The van der Waals surface area contributed by atoms with Crippen LogP contribution in [-0.4, -0.2) is 7.11 Å². The molecule has 158 valence electrons. The van der Waals surface area contributed by atoms with Crippen LogP contribution in [0.1, 0.15) is 42.9 Å². The molecule has 0 amide bonds. The Kier molecular flexibility index (Phi) is 7.56. The molecule has 0 N–H and O–H groups in total. The van der Waals surface area contributed by atoms with Crippen molar-refractivity contribution in [3.63, 3.8) is 0 Å². The van der Waals surface area contributed by atoms with Gasteiger partial charge in [0.1, 0.15) is 11.6 Å². The lowest BCUT2D eigenvalue weighted by molar-refractivity contribution is 0.411. The first kappa shape index (κ1) is 21.9. The van der Waals surface area contributed by atoms with E-state index in [-0.39, 0.29) is 5.82 Å². The lowest BCUT2D eigenvalue weighted by Gasteiger charge is -2.10. The third-order valence-electron chi connectivity index (χ3n) is 5.42. The van der Waals surface area contributed by atoms with Gasteiger partial charge in [0, 0.05) is 11.6 Å². The normalized spacial score (nSPS) is 11.0. The largest absolute Gasteiger partial charge is 0.497 e. The van der Waals surface area contributed by atoms with Crippen LogP contribution in [0.25, 0.3) is 11.1 Å². The highest BCUT2D eigenvalue weighted by Crippen LogP contribution is 2.27. The Morgan fingerprint density at radius 3 is 2.00 bits per heavy atom. The molecule has 0 heterocycles. The summed E-state index contributed by atoms with van der Waals surface area (Å²) in [5, 5.41) is 0. The van der Waals surface area contributed by atoms with Crippen LogP contribution in [0, 0.1) is 17.5 Å². The summed E-state index contributed by atoms with van der Waals surface area (Å²) in [5.41, 5.74) is 3.08. The molecule has 0 spiro atoms. The van der Waals surface area contributed by atoms with E-state index < -0.39 is 11.6 Å². The summed E-state index contributed by atoms with van der Waals surface area (Å²) in [6.07, 6.45) is 4.49. The first-order valence-electron chi connectivity index (χ1n) is 10.4. The zero-order valence-corrected chi connectivity index (χ0v) is 17.5. The number of aryl methyl sites for hydroxylation is 3. The molecule has 0 aliphatic carbocycles. The molecule has 0 unspecified atom stereocenters. The smallest absolute Gasteiger partial charge is 0.162 e. The lowest BCUT2D eigenvalue weighted by atomic mass is 9.98. The van der Waals surface area contributed by atoms with Crippen LogP contribution < -0.4 is 4.74 Å². The summed E-state index contributed by atoms with van der Waals surface area (Å²) in [7, 11) is 1.50. The Bertz CT molecular complexity index is 980. The minimum atomic E-state index is -0.735. The van der Waals surface area contributed by atoms with E-state index in [9.17, 15) is 13.2 Å². The molecule has 0 aliphatic rings. The van der Waals surface area contributed by atoms with Crippen molar-refractivity contribution in [2.45, 2.75) is 45.4 Å². The van der Waals surface area contributed by atoms with E-state index in [4.69, 9.17) is 4.74 Å². The van der Waals surface area contributed by atoms with E-state index in [1.54, 1.807) is 24.3 Å². The van der Waals surface area contributed by atoms with Crippen LogP contribution in [0.5, 0.6) is 5.75 Å². The number of ether oxygens (including phenoxy) is 1. The van der Waals surface area contributed by atoms with Crippen molar-refractivity contribution in [1.29, 1.82) is 0 Å². The van der Waals surface area contributed by atoms with E-state index >= 15 is 0 Å². The summed E-state index contributed by atoms with van der Waals surface area (Å²) in [6.45, 7) is 2.08. The minimum absolute atomic E-state index is 0.348. The van der Waals surface area contributed by atoms with Crippen LogP contribution in [0.2, 0.25) is 0 Å². The summed E-state index contributed by atoms with van der Waals surface area (Å²) in [5.74, 6) is -1.33. The fourth-order valence-electron chi connectivity index (χ4n) is 3.57. The summed E-state index contributed by atoms with van der Waals surface area (Å²) in [4.78, 5) is 0. The van der Waals surface area contributed by atoms with Crippen LogP contribution in [0.4, 0.5) is 13.2 Å². The molecule has 0 radical (unpaired) electrons. The van der Waals surface area contributed by atoms with Gasteiger partial charge in [0.15, 0.2) is 11.6 Å². The van der Waals surface area contributed by atoms with E-state index in [1.165, 1.54) is 13.2 Å². The monoisotopic (exact) mass is 412 g/mol. The second-order valence-electron chi connectivity index (χ2n) is 7.51. The van der Waals surface area contributed by atoms with Crippen LogP contribution >= 0.6 is 0 Å². The SMILES string of the molecule is CCCCCc1ccc(CCc2ccc(-c3ccc(OC)cc3F)cc2)c(F)c1F. The van der Waals surface area contributed by atoms with Crippen molar-refractivity contribution in [1.82, 2.24) is 0 Å². The molecule has 0 saturated carbocycles. The first-order chi connectivity index (χ1) is 14.5. The number of hydrogen-bond acceptors (Lipinski definition) is 1. The van der Waals surface area contributed by atoms with Gasteiger partial charge in [-0.1, -0.05) is 56.2 Å². The maximum absolute atomic E-state index is 14.4. The fourth-order valence-corrected chi connectivity index (χ4v) is 3.57. The molecule has 3 aromatic rings. The third-order valence-corrected chi connectivity index (χ3v) is 5.42. The van der Waals surface area contributed by atoms with Crippen molar-refractivity contribution < 1.29 is 17.9 Å². The molecule has 1 nitrogen and oxygen atoms in total. The van der Waals surface area contributed by atoms with Crippen molar-refractivity contribution in [2.24, 2.45) is 0 Å². The number of benzene rings is 3. The molecular weight excluding hydrogens is 385 g/mol. The topological polar surface area (TPSA) is 9.23 Å². The molecule has 0 atom stereocenters. The molecule has 0 fully saturated rings. The maximum Gasteiger partial charge on any atom is 0.162 e. The fraction of sp³-hybridized carbons (Fsp3) is 0.308. The Morgan fingerprint density at radius 1 is 0.733 bits per heavy atom. The number of methoxy groups -OCH3 is 1. The zero-order valence-electron chi connectivity index (χ0n) is 17.5. The Morgan fingerprint density at radius 2 is 1.40 bits per heavy atom. The van der Waals surface area contributed by atoms with E-state index in [1.807, 2.05) is 24.3 Å². The molecule has 0 bridgehead atoms. The predicted octanol–water partition coefficient (Wildman–Crippen LogP) is 7.30. The zero-order chi connectivity index (χ0) is 21.5. The molecule has 0 aromatic heterocycles. The Labute approximate surface area is 176 Å². The van der Waals surface area contributed by atoms with Crippen LogP contribution in [0.15, 0.2) is 54.6 Å². The summed E-state index contributed by atoms with van der Waals surface area (Å²) in [6, 6.07) is 15.6. The van der Waals surface area contributed by atoms with E-state index in [0.717, 1.165) is 30.4 Å². The van der Waals surface area contributed by atoms with Gasteiger partial charge in [-0.05, 0) is 60.1 Å². The molecule has 3 aromatic carbocycles. The van der Waals surface area contributed by atoms with Crippen molar-refractivity contribution in [3.8, 4) is 16.9 Å². The Hall–Kier alpha value is -2.75. The van der Waals surface area contributed by atoms with Crippen LogP contribution in [-0.2, 0) is 19.3 Å². The van der Waals surface area contributed by atoms with Crippen LogP contribution in [0.3, 0.4) is 0 Å². The van der Waals surface area contributed by atoms with E-state index in [2.05, 4.69) is 6.92 Å². The first-order valence-corrected chi connectivity index (χ1v) is 10.4. The Balaban J connectivity index is 1.66. The molecule has 0 aliphatic heterocycles.